The van der Waals surface area contributed by atoms with E-state index in [4.69, 9.17) is 0 Å². The predicted molar refractivity (Wildman–Crippen MR) is 77.4 cm³/mol. The number of hydrogen-bond acceptors (Lipinski definition) is 1. The number of hydrogen-bond donors (Lipinski definition) is 1. The van der Waals surface area contributed by atoms with Gasteiger partial charge in [-0.05, 0) is 49.4 Å². The molecule has 0 aromatic heterocycles. The number of rotatable bonds is 3. The molecule has 18 heavy (non-hydrogen) atoms. The van der Waals surface area contributed by atoms with Crippen molar-refractivity contribution < 1.29 is 4.79 Å². The van der Waals surface area contributed by atoms with Crippen LogP contribution in [0.1, 0.15) is 67.2 Å². The summed E-state index contributed by atoms with van der Waals surface area (Å²) in [6, 6.07) is 0. The summed E-state index contributed by atoms with van der Waals surface area (Å²) in [5, 5.41) is 2.96. The molecular formula is C16H31NO. The summed E-state index contributed by atoms with van der Waals surface area (Å²) >= 11 is 0. The Labute approximate surface area is 113 Å². The fraction of sp³-hybridized carbons (Fsp3) is 0.938. The van der Waals surface area contributed by atoms with Gasteiger partial charge in [0.1, 0.15) is 0 Å². The molecule has 0 atom stereocenters. The van der Waals surface area contributed by atoms with Crippen molar-refractivity contribution in [1.29, 1.82) is 0 Å². The maximum atomic E-state index is 11.8. The van der Waals surface area contributed by atoms with Gasteiger partial charge in [-0.25, -0.2) is 0 Å². The third kappa shape index (κ3) is 3.27. The molecule has 0 aliphatic heterocycles. The molecule has 0 heterocycles. The van der Waals surface area contributed by atoms with E-state index < -0.39 is 0 Å². The summed E-state index contributed by atoms with van der Waals surface area (Å²) in [5.74, 6) is 1.28. The topological polar surface area (TPSA) is 29.1 Å². The first-order chi connectivity index (χ1) is 8.20. The van der Waals surface area contributed by atoms with Gasteiger partial charge < -0.3 is 5.32 Å². The first kappa shape index (κ1) is 15.5. The summed E-state index contributed by atoms with van der Waals surface area (Å²) in [4.78, 5) is 11.8. The molecule has 1 fully saturated rings. The molecule has 2 heteroatoms. The summed E-state index contributed by atoms with van der Waals surface area (Å²) in [6.45, 7) is 14.5. The van der Waals surface area contributed by atoms with E-state index >= 15 is 0 Å². The zero-order chi connectivity index (χ0) is 14.0. The molecule has 1 amide bonds. The maximum Gasteiger partial charge on any atom is 0.223 e. The summed E-state index contributed by atoms with van der Waals surface area (Å²) < 4.78 is 0. The van der Waals surface area contributed by atoms with Crippen molar-refractivity contribution in [2.24, 2.45) is 22.7 Å². The molecule has 1 aliphatic carbocycles. The molecular weight excluding hydrogens is 222 g/mol. The van der Waals surface area contributed by atoms with Crippen LogP contribution >= 0.6 is 0 Å². The van der Waals surface area contributed by atoms with Gasteiger partial charge in [-0.2, -0.15) is 0 Å². The fourth-order valence-corrected chi connectivity index (χ4v) is 3.01. The van der Waals surface area contributed by atoms with Gasteiger partial charge in [0.25, 0.3) is 0 Å². The van der Waals surface area contributed by atoms with E-state index in [1.54, 1.807) is 0 Å². The van der Waals surface area contributed by atoms with Crippen molar-refractivity contribution >= 4 is 5.91 Å². The average molecular weight is 253 g/mol. The van der Waals surface area contributed by atoms with Gasteiger partial charge in [0, 0.05) is 12.5 Å². The van der Waals surface area contributed by atoms with Gasteiger partial charge in [-0.15, -0.1) is 0 Å². The van der Waals surface area contributed by atoms with Crippen molar-refractivity contribution in [3.05, 3.63) is 0 Å². The summed E-state index contributed by atoms with van der Waals surface area (Å²) in [6.07, 6.45) is 4.53. The highest BCUT2D eigenvalue weighted by molar-refractivity contribution is 5.78. The van der Waals surface area contributed by atoms with Crippen molar-refractivity contribution in [3.63, 3.8) is 0 Å². The van der Waals surface area contributed by atoms with Gasteiger partial charge in [-0.3, -0.25) is 4.79 Å². The van der Waals surface area contributed by atoms with Crippen LogP contribution in [0.5, 0.6) is 0 Å². The van der Waals surface area contributed by atoms with Crippen LogP contribution in [0.4, 0.5) is 0 Å². The zero-order valence-electron chi connectivity index (χ0n) is 13.1. The van der Waals surface area contributed by atoms with E-state index in [1.165, 1.54) is 12.8 Å². The fourth-order valence-electron chi connectivity index (χ4n) is 3.01. The van der Waals surface area contributed by atoms with E-state index in [-0.39, 0.29) is 11.8 Å². The van der Waals surface area contributed by atoms with Gasteiger partial charge in [0.05, 0.1) is 0 Å². The quantitative estimate of drug-likeness (QED) is 0.809. The molecule has 1 rings (SSSR count). The SMILES string of the molecule is CCNC(=O)C1CCC(C(C)(C)C(C)(C)C)CC1. The van der Waals surface area contributed by atoms with Crippen LogP contribution in [0.2, 0.25) is 0 Å². The molecule has 0 saturated heterocycles. The second-order valence-electron chi connectivity index (χ2n) is 7.41. The number of nitrogens with one attached hydrogen (secondary N) is 1. The molecule has 0 radical (unpaired) electrons. The van der Waals surface area contributed by atoms with E-state index in [2.05, 4.69) is 39.9 Å². The van der Waals surface area contributed by atoms with E-state index in [9.17, 15) is 4.79 Å². The number of carbonyl (C=O) groups is 1. The third-order valence-corrected chi connectivity index (χ3v) is 5.40. The lowest BCUT2D eigenvalue weighted by Crippen LogP contribution is -2.41. The van der Waals surface area contributed by atoms with Crippen LogP contribution < -0.4 is 5.32 Å². The predicted octanol–water partition coefficient (Wildman–Crippen LogP) is 4.00. The first-order valence-corrected chi connectivity index (χ1v) is 7.48. The Morgan fingerprint density at radius 1 is 1.06 bits per heavy atom. The minimum Gasteiger partial charge on any atom is -0.356 e. The molecule has 1 N–H and O–H groups in total. The number of carbonyl (C=O) groups excluding carboxylic acids is 1. The molecule has 1 aliphatic rings. The minimum absolute atomic E-state index is 0.261. The largest absolute Gasteiger partial charge is 0.356 e. The average Bonchev–Trinajstić information content (AvgIpc) is 2.28. The lowest BCUT2D eigenvalue weighted by atomic mass is 9.58. The Bertz CT molecular complexity index is 280. The Morgan fingerprint density at radius 2 is 1.56 bits per heavy atom. The molecule has 0 aromatic carbocycles. The third-order valence-electron chi connectivity index (χ3n) is 5.40. The molecule has 0 spiro atoms. The highest BCUT2D eigenvalue weighted by atomic mass is 16.1. The lowest BCUT2D eigenvalue weighted by Gasteiger charge is -2.47. The molecule has 0 unspecified atom stereocenters. The molecule has 0 aromatic rings. The smallest absolute Gasteiger partial charge is 0.223 e. The van der Waals surface area contributed by atoms with Gasteiger partial charge in [0.2, 0.25) is 5.91 Å². The second-order valence-corrected chi connectivity index (χ2v) is 7.41. The van der Waals surface area contributed by atoms with Gasteiger partial charge in [0.15, 0.2) is 0 Å². The zero-order valence-corrected chi connectivity index (χ0v) is 13.1. The second kappa shape index (κ2) is 5.63. The van der Waals surface area contributed by atoms with Crippen LogP contribution in [0.15, 0.2) is 0 Å². The maximum absolute atomic E-state index is 11.8. The van der Waals surface area contributed by atoms with Gasteiger partial charge in [-0.1, -0.05) is 34.6 Å². The van der Waals surface area contributed by atoms with Crippen molar-refractivity contribution in [2.45, 2.75) is 67.2 Å². The molecule has 106 valence electrons. The van der Waals surface area contributed by atoms with E-state index in [0.717, 1.165) is 25.3 Å². The van der Waals surface area contributed by atoms with Gasteiger partial charge >= 0.3 is 0 Å². The van der Waals surface area contributed by atoms with Crippen LogP contribution in [0.25, 0.3) is 0 Å². The Morgan fingerprint density at radius 3 is 1.94 bits per heavy atom. The molecule has 1 saturated carbocycles. The van der Waals surface area contributed by atoms with Crippen molar-refractivity contribution in [1.82, 2.24) is 5.32 Å². The Kier molecular flexibility index (Phi) is 4.85. The number of amides is 1. The first-order valence-electron chi connectivity index (χ1n) is 7.48. The highest BCUT2D eigenvalue weighted by Crippen LogP contribution is 2.50. The Hall–Kier alpha value is -0.530. The summed E-state index contributed by atoms with van der Waals surface area (Å²) in [5.41, 5.74) is 0.676. The highest BCUT2D eigenvalue weighted by Gasteiger charge is 2.41. The standard InChI is InChI=1S/C16H31NO/c1-7-17-14(18)12-8-10-13(11-9-12)16(5,6)15(2,3)4/h12-13H,7-11H2,1-6H3,(H,17,18). The minimum atomic E-state index is 0.261. The Balaban J connectivity index is 2.57. The van der Waals surface area contributed by atoms with Crippen LogP contribution in [-0.2, 0) is 4.79 Å². The van der Waals surface area contributed by atoms with Crippen LogP contribution in [0.3, 0.4) is 0 Å². The van der Waals surface area contributed by atoms with E-state index in [0.29, 0.717) is 10.8 Å². The van der Waals surface area contributed by atoms with Crippen molar-refractivity contribution in [2.75, 3.05) is 6.54 Å². The molecule has 0 bridgehead atoms. The van der Waals surface area contributed by atoms with Crippen molar-refractivity contribution in [3.8, 4) is 0 Å². The summed E-state index contributed by atoms with van der Waals surface area (Å²) in [7, 11) is 0. The molecule has 2 nitrogen and oxygen atoms in total. The van der Waals surface area contributed by atoms with Crippen LogP contribution in [0, 0.1) is 22.7 Å². The monoisotopic (exact) mass is 253 g/mol. The normalized spacial score (nSPS) is 25.9. The van der Waals surface area contributed by atoms with Crippen LogP contribution in [-0.4, -0.2) is 12.5 Å². The lowest BCUT2D eigenvalue weighted by molar-refractivity contribution is -0.126. The van der Waals surface area contributed by atoms with E-state index in [1.807, 2.05) is 6.92 Å².